The summed E-state index contributed by atoms with van der Waals surface area (Å²) >= 11 is 0. The van der Waals surface area contributed by atoms with Crippen molar-refractivity contribution in [3.8, 4) is 168 Å². The molecule has 0 aromatic heterocycles. The fraction of sp³-hybridized carbons (Fsp3) is 0. The molecule has 0 spiro atoms. The summed E-state index contributed by atoms with van der Waals surface area (Å²) in [7, 11) is -5.66. The molecule has 0 bridgehead atoms. The minimum Gasteiger partial charge on any atom is -0.508 e. The van der Waals surface area contributed by atoms with Crippen LogP contribution in [0.2, 0.25) is 0 Å². The predicted octanol–water partition coefficient (Wildman–Crippen LogP) is 29.6. The van der Waals surface area contributed by atoms with Crippen LogP contribution in [-0.2, 0) is 0 Å². The molecule has 0 aliphatic carbocycles. The molecule has 3 N–H and O–H groups in total. The van der Waals surface area contributed by atoms with Crippen LogP contribution in [0, 0.1) is 262 Å². The Labute approximate surface area is 752 Å². The highest BCUT2D eigenvalue weighted by atomic mass is 19.2. The van der Waals surface area contributed by atoms with Crippen LogP contribution in [0.1, 0.15) is 0 Å². The number of phenols is 3. The Hall–Kier alpha value is -16.0. The Kier molecular flexibility index (Phi) is 25.7. The van der Waals surface area contributed by atoms with E-state index in [1.165, 1.54) is 0 Å². The SMILES string of the molecule is Oc1ccc(-c2c(-c3c(F)c(F)c(F)c(F)c3F)cc(OB(Oc3cc(-c4c(F)c(F)c(F)c(F)c4F)c(-c4ccc(O)cc4)c(-c4c(F)c(F)c(F)c(F)c4F)c3-c3c(F)c(F)c(F)c(F)c3F)Oc3cc(-c4c(F)c(F)c(F)c(F)c4F)c(-c4ccc(O)cc4)c(-c4c(F)c(F)c(F)c(F)c4F)c3-c3c(F)c(F)c(F)c(F)c3F)c(-c3c(F)c(F)c(F)c(F)c3F)c2-c2c(F)c(F)c(F)c(F)c2F)cc1. The van der Waals surface area contributed by atoms with Gasteiger partial charge in [-0.1, -0.05) is 36.4 Å². The van der Waals surface area contributed by atoms with Crippen LogP contribution in [0.3, 0.4) is 0 Å². The first-order valence-corrected chi connectivity index (χ1v) is 37.2. The lowest BCUT2D eigenvalue weighted by Crippen LogP contribution is -2.38. The van der Waals surface area contributed by atoms with Gasteiger partial charge in [-0.3, -0.25) is 0 Å². The van der Waals surface area contributed by atoms with Crippen LogP contribution in [0.15, 0.2) is 91.0 Å². The maximum Gasteiger partial charge on any atom is 0.864 e. The number of benzene rings is 15. The van der Waals surface area contributed by atoms with E-state index < -0.39 is 455 Å². The first-order valence-electron chi connectivity index (χ1n) is 37.2. The minimum atomic E-state index is -5.66. The largest absolute Gasteiger partial charge is 0.864 e. The van der Waals surface area contributed by atoms with Crippen LogP contribution in [0.25, 0.3) is 134 Å². The lowest BCUT2D eigenvalue weighted by molar-refractivity contribution is 0.308. The lowest BCUT2D eigenvalue weighted by atomic mass is 9.80. The van der Waals surface area contributed by atoms with E-state index in [9.17, 15) is 15.3 Å². The van der Waals surface area contributed by atoms with Gasteiger partial charge < -0.3 is 29.3 Å². The zero-order valence-electron chi connectivity index (χ0n) is 66.3. The first kappa shape index (κ1) is 100. The third-order valence-electron chi connectivity index (χ3n) is 21.2. The third kappa shape index (κ3) is 15.3. The second-order valence-electron chi connectivity index (χ2n) is 28.9. The molecule has 52 heteroatoms. The number of hydrogen-bond acceptors (Lipinski definition) is 6. The van der Waals surface area contributed by atoms with Crippen LogP contribution < -0.4 is 14.0 Å². The van der Waals surface area contributed by atoms with Crippen molar-refractivity contribution in [3.63, 3.8) is 0 Å². The third-order valence-corrected chi connectivity index (χ3v) is 21.2. The molecule has 0 radical (unpaired) electrons. The van der Waals surface area contributed by atoms with E-state index >= 15 is 198 Å². The Balaban J connectivity index is 1.32. The molecule has 0 aliphatic heterocycles. The topological polar surface area (TPSA) is 88.4 Å². The molecule has 0 unspecified atom stereocenters. The summed E-state index contributed by atoms with van der Waals surface area (Å²) in [5.74, 6) is -181. The van der Waals surface area contributed by atoms with Gasteiger partial charge in [0.25, 0.3) is 0 Å². The molecular weight excluding hydrogens is 2040 g/mol. The second kappa shape index (κ2) is 36.3. The number of hydrogen-bond donors (Lipinski definition) is 3. The molecular formula is C90H18BF45O6. The monoisotopic (exact) mass is 2060 g/mol. The smallest absolute Gasteiger partial charge is 0.508 e. The van der Waals surface area contributed by atoms with E-state index in [2.05, 4.69) is 0 Å². The average Bonchev–Trinajstić information content (AvgIpc) is 0.714. The molecule has 0 atom stereocenters. The van der Waals surface area contributed by atoms with Gasteiger partial charge >= 0.3 is 7.32 Å². The van der Waals surface area contributed by atoms with Crippen molar-refractivity contribution < 1.29 is 227 Å². The van der Waals surface area contributed by atoms with Crippen LogP contribution in [0.5, 0.6) is 34.5 Å². The van der Waals surface area contributed by atoms with E-state index in [-0.39, 0.29) is 72.8 Å². The van der Waals surface area contributed by atoms with Crippen LogP contribution in [0.4, 0.5) is 198 Å². The molecule has 732 valence electrons. The van der Waals surface area contributed by atoms with Gasteiger partial charge in [-0.05, 0) is 105 Å². The van der Waals surface area contributed by atoms with E-state index in [0.717, 1.165) is 0 Å². The molecule has 0 saturated heterocycles. The predicted molar refractivity (Wildman–Crippen MR) is 395 cm³/mol. The summed E-state index contributed by atoms with van der Waals surface area (Å²) in [6.07, 6.45) is 0. The first-order chi connectivity index (χ1) is 66.5. The van der Waals surface area contributed by atoms with Crippen molar-refractivity contribution in [1.82, 2.24) is 0 Å². The summed E-state index contributed by atoms with van der Waals surface area (Å²) in [4.78, 5) is 0. The van der Waals surface area contributed by atoms with Crippen LogP contribution in [-0.4, -0.2) is 22.6 Å². The van der Waals surface area contributed by atoms with Gasteiger partial charge in [-0.15, -0.1) is 0 Å². The second-order valence-corrected chi connectivity index (χ2v) is 28.9. The number of rotatable bonds is 18. The Morgan fingerprint density at radius 2 is 0.239 bits per heavy atom. The summed E-state index contributed by atoms with van der Waals surface area (Å²) in [6.45, 7) is 0. The normalized spacial score (nSPS) is 11.6. The fourth-order valence-electron chi connectivity index (χ4n) is 15.0. The highest BCUT2D eigenvalue weighted by Gasteiger charge is 2.49. The molecule has 0 aliphatic rings. The molecule has 15 aromatic rings. The zero-order chi connectivity index (χ0) is 105. The van der Waals surface area contributed by atoms with Crippen molar-refractivity contribution in [3.05, 3.63) is 353 Å². The number of halogens is 45. The summed E-state index contributed by atoms with van der Waals surface area (Å²) in [6, 6.07) is -3.24. The lowest BCUT2D eigenvalue weighted by Gasteiger charge is -2.29. The standard InChI is InChI=1S/C90H18BF45O6/c92-46-31(47(93)65(111)82(128)64(46)110)22-13-25(34(40-52(98)70(116)85(131)71(117)53(40)99)37(28(22)16-1-7-19(137)8-2-16)43-58(104)76(122)88(134)77(123)59(43)105)140-91(141-26-14-23(32-48(94)66(112)83(129)67(113)49(32)95)29(17-3-9-20(138)10-4-17)38(44-60(106)78(124)89(135)79(125)61(44)107)35(26)41-54(100)72(118)86(132)73(119)55(41)101)142-27-15-24(33-50(96)68(114)84(130)69(115)51(33)97)30(18-5-11-21(139)12-6-18)39(45-62(108)80(126)90(136)81(127)63(45)109)36(27)42-56(102)74(120)87(133)75(121)57(42)103/h1-15,137-139H. The zero-order valence-corrected chi connectivity index (χ0v) is 66.3. The quantitative estimate of drug-likeness (QED) is 0.0343. The Morgan fingerprint density at radius 1 is 0.127 bits per heavy atom. The van der Waals surface area contributed by atoms with Crippen molar-refractivity contribution in [2.75, 3.05) is 0 Å². The van der Waals surface area contributed by atoms with E-state index in [4.69, 9.17) is 14.0 Å². The highest BCUT2D eigenvalue weighted by molar-refractivity contribution is 6.40. The van der Waals surface area contributed by atoms with Crippen molar-refractivity contribution in [1.29, 1.82) is 0 Å². The molecule has 15 rings (SSSR count). The van der Waals surface area contributed by atoms with Crippen LogP contribution >= 0.6 is 0 Å². The fourth-order valence-corrected chi connectivity index (χ4v) is 15.0. The molecule has 6 nitrogen and oxygen atoms in total. The molecule has 142 heavy (non-hydrogen) atoms. The highest BCUT2D eigenvalue weighted by Crippen LogP contribution is 2.61. The molecule has 0 fully saturated rings. The van der Waals surface area contributed by atoms with E-state index in [1.54, 1.807) is 0 Å². The average molecular weight is 2060 g/mol. The number of phenolic OH excluding ortho intramolecular Hbond substituents is 3. The van der Waals surface area contributed by atoms with Gasteiger partial charge in [0.2, 0.25) is 52.4 Å². The Morgan fingerprint density at radius 3 is 0.373 bits per heavy atom. The molecule has 0 heterocycles. The Bertz CT molecular complexity index is 7080. The molecule has 0 amide bonds. The summed E-state index contributed by atoms with van der Waals surface area (Å²) < 4.78 is 774. The number of aromatic hydroxyl groups is 3. The van der Waals surface area contributed by atoms with Gasteiger partial charge in [-0.2, -0.15) is 0 Å². The van der Waals surface area contributed by atoms with Crippen molar-refractivity contribution in [2.24, 2.45) is 0 Å². The van der Waals surface area contributed by atoms with Gasteiger partial charge in [0.15, 0.2) is 209 Å². The minimum absolute atomic E-state index is 0.0481. The molecule has 0 saturated carbocycles. The molecule has 15 aromatic carbocycles. The van der Waals surface area contributed by atoms with Gasteiger partial charge in [0.1, 0.15) is 34.5 Å². The van der Waals surface area contributed by atoms with Gasteiger partial charge in [0.05, 0.1) is 50.1 Å². The maximum atomic E-state index is 17.9. The van der Waals surface area contributed by atoms with E-state index in [0.29, 0.717) is 0 Å². The van der Waals surface area contributed by atoms with Gasteiger partial charge in [-0.25, -0.2) is 198 Å². The summed E-state index contributed by atoms with van der Waals surface area (Å²) in [5, 5.41) is 31.7. The van der Waals surface area contributed by atoms with E-state index in [1.807, 2.05) is 0 Å². The van der Waals surface area contributed by atoms with Gasteiger partial charge in [0, 0.05) is 33.4 Å². The van der Waals surface area contributed by atoms with Crippen molar-refractivity contribution >= 4 is 7.32 Å². The summed E-state index contributed by atoms with van der Waals surface area (Å²) in [5.41, 5.74) is -71.3. The maximum absolute atomic E-state index is 17.9. The van der Waals surface area contributed by atoms with Crippen molar-refractivity contribution in [2.45, 2.75) is 0 Å².